The van der Waals surface area contributed by atoms with Gasteiger partial charge in [-0.2, -0.15) is 0 Å². The number of benzene rings is 1. The molecule has 0 saturated heterocycles. The molecule has 4 nitrogen and oxygen atoms in total. The smallest absolute Gasteiger partial charge is 0.307 e. The first-order valence-electron chi connectivity index (χ1n) is 6.50. The second-order valence-electron chi connectivity index (χ2n) is 4.89. The average Bonchev–Trinajstić information content (AvgIpc) is 3.01. The highest BCUT2D eigenvalue weighted by atomic mass is 32.1. The molecule has 3 rings (SSSR count). The van der Waals surface area contributed by atoms with Crippen molar-refractivity contribution in [2.75, 3.05) is 0 Å². The van der Waals surface area contributed by atoms with Crippen LogP contribution in [0.3, 0.4) is 0 Å². The Morgan fingerprint density at radius 2 is 2.10 bits per heavy atom. The van der Waals surface area contributed by atoms with E-state index >= 15 is 0 Å². The monoisotopic (exact) mass is 304 g/mol. The second kappa shape index (κ2) is 5.65. The van der Waals surface area contributed by atoms with Crippen LogP contribution in [0.25, 0.3) is 4.96 Å². The van der Waals surface area contributed by atoms with Gasteiger partial charge in [-0.15, -0.1) is 11.3 Å². The number of carboxylic acid groups (broad SMARTS) is 1. The molecular weight excluding hydrogens is 291 g/mol. The molecule has 0 fully saturated rings. The van der Waals surface area contributed by atoms with Crippen molar-refractivity contribution in [1.82, 2.24) is 9.38 Å². The fraction of sp³-hybridized carbons (Fsp3) is 0.200. The summed E-state index contributed by atoms with van der Waals surface area (Å²) in [6, 6.07) is 5.94. The van der Waals surface area contributed by atoms with Crippen molar-refractivity contribution in [2.45, 2.75) is 12.8 Å². The lowest BCUT2D eigenvalue weighted by atomic mass is 9.95. The lowest BCUT2D eigenvalue weighted by molar-refractivity contribution is -0.141. The van der Waals surface area contributed by atoms with Crippen LogP contribution >= 0.6 is 11.3 Å². The number of nitrogens with zero attached hydrogens (tertiary/aromatic N) is 2. The van der Waals surface area contributed by atoms with Gasteiger partial charge in [0.05, 0.1) is 11.6 Å². The number of halogens is 1. The Morgan fingerprint density at radius 1 is 1.33 bits per heavy atom. The van der Waals surface area contributed by atoms with Crippen LogP contribution in [-0.2, 0) is 17.6 Å². The van der Waals surface area contributed by atoms with Gasteiger partial charge in [-0.05, 0) is 24.1 Å². The molecule has 0 aliphatic heterocycles. The van der Waals surface area contributed by atoms with Crippen molar-refractivity contribution < 1.29 is 14.3 Å². The highest BCUT2D eigenvalue weighted by Gasteiger charge is 2.20. The van der Waals surface area contributed by atoms with Gasteiger partial charge in [-0.3, -0.25) is 9.20 Å². The second-order valence-corrected chi connectivity index (χ2v) is 5.77. The molecule has 1 unspecified atom stereocenters. The van der Waals surface area contributed by atoms with Crippen molar-refractivity contribution in [3.8, 4) is 0 Å². The molecule has 6 heteroatoms. The molecule has 0 bridgehead atoms. The van der Waals surface area contributed by atoms with Crippen LogP contribution in [0.1, 0.15) is 11.3 Å². The number of fused-ring (bicyclic) bond motifs is 1. The predicted octanol–water partition coefficient (Wildman–Crippen LogP) is 3.02. The summed E-state index contributed by atoms with van der Waals surface area (Å²) in [6.07, 6.45) is 4.47. The maximum atomic E-state index is 12.9. The summed E-state index contributed by atoms with van der Waals surface area (Å²) in [7, 11) is 0. The molecule has 1 aromatic carbocycles. The molecule has 0 spiro atoms. The first-order chi connectivity index (χ1) is 10.1. The number of thiazole rings is 1. The normalized spacial score (nSPS) is 12.6. The van der Waals surface area contributed by atoms with E-state index in [-0.39, 0.29) is 5.82 Å². The van der Waals surface area contributed by atoms with Gasteiger partial charge < -0.3 is 5.11 Å². The van der Waals surface area contributed by atoms with Gasteiger partial charge in [-0.1, -0.05) is 12.1 Å². The number of carbonyl (C=O) groups is 1. The topological polar surface area (TPSA) is 54.6 Å². The van der Waals surface area contributed by atoms with Gasteiger partial charge in [-0.25, -0.2) is 9.37 Å². The first-order valence-corrected chi connectivity index (χ1v) is 7.38. The van der Waals surface area contributed by atoms with E-state index in [1.54, 1.807) is 12.1 Å². The molecule has 108 valence electrons. The summed E-state index contributed by atoms with van der Waals surface area (Å²) < 4.78 is 14.8. The third-order valence-electron chi connectivity index (χ3n) is 3.34. The number of aromatic nitrogens is 2. The Morgan fingerprint density at radius 3 is 2.76 bits per heavy atom. The standard InChI is InChI=1S/C15H13FN2O2S/c16-12-3-1-10(2-4-12)7-11(14(19)20)8-13-9-18-5-6-21-15(18)17-13/h1-6,9,11H,7-8H2,(H,19,20). The van der Waals surface area contributed by atoms with Gasteiger partial charge in [0.2, 0.25) is 0 Å². The lowest BCUT2D eigenvalue weighted by Crippen LogP contribution is -2.19. The van der Waals surface area contributed by atoms with Crippen LogP contribution in [0.5, 0.6) is 0 Å². The summed E-state index contributed by atoms with van der Waals surface area (Å²) in [5.41, 5.74) is 1.57. The molecular formula is C15H13FN2O2S. The molecule has 0 amide bonds. The summed E-state index contributed by atoms with van der Waals surface area (Å²) in [4.78, 5) is 16.7. The Hall–Kier alpha value is -2.21. The Bertz CT molecular complexity index is 735. The molecule has 2 aromatic heterocycles. The quantitative estimate of drug-likeness (QED) is 0.788. The Kier molecular flexibility index (Phi) is 3.70. The molecule has 21 heavy (non-hydrogen) atoms. The van der Waals surface area contributed by atoms with Crippen LogP contribution in [0.15, 0.2) is 42.0 Å². The van der Waals surface area contributed by atoms with Gasteiger partial charge in [0.15, 0.2) is 4.96 Å². The van der Waals surface area contributed by atoms with Crippen LogP contribution in [0.2, 0.25) is 0 Å². The number of aliphatic carboxylic acids is 1. The summed E-state index contributed by atoms with van der Waals surface area (Å²) in [5.74, 6) is -1.75. The van der Waals surface area contributed by atoms with Gasteiger partial charge in [0.1, 0.15) is 5.82 Å². The van der Waals surface area contributed by atoms with Crippen molar-refractivity contribution in [1.29, 1.82) is 0 Å². The van der Waals surface area contributed by atoms with Crippen LogP contribution in [0, 0.1) is 11.7 Å². The predicted molar refractivity (Wildman–Crippen MR) is 78.0 cm³/mol. The fourth-order valence-corrected chi connectivity index (χ4v) is 3.00. The van der Waals surface area contributed by atoms with Gasteiger partial charge >= 0.3 is 5.97 Å². The molecule has 0 radical (unpaired) electrons. The molecule has 0 saturated carbocycles. The van der Waals surface area contributed by atoms with Crippen molar-refractivity contribution in [2.24, 2.45) is 5.92 Å². The zero-order valence-electron chi connectivity index (χ0n) is 11.1. The fourth-order valence-electron chi connectivity index (χ4n) is 2.28. The maximum absolute atomic E-state index is 12.9. The third-order valence-corrected chi connectivity index (χ3v) is 4.11. The minimum absolute atomic E-state index is 0.319. The zero-order chi connectivity index (χ0) is 14.8. The van der Waals surface area contributed by atoms with E-state index in [0.29, 0.717) is 12.8 Å². The first kappa shape index (κ1) is 13.8. The van der Waals surface area contributed by atoms with E-state index in [1.165, 1.54) is 23.5 Å². The van der Waals surface area contributed by atoms with Crippen LogP contribution < -0.4 is 0 Å². The molecule has 0 aliphatic rings. The van der Waals surface area contributed by atoms with Gasteiger partial charge in [0.25, 0.3) is 0 Å². The minimum Gasteiger partial charge on any atom is -0.481 e. The van der Waals surface area contributed by atoms with Crippen LogP contribution in [-0.4, -0.2) is 20.5 Å². The lowest BCUT2D eigenvalue weighted by Gasteiger charge is -2.10. The van der Waals surface area contributed by atoms with E-state index in [2.05, 4.69) is 4.98 Å². The molecule has 0 aliphatic carbocycles. The Balaban J connectivity index is 1.76. The summed E-state index contributed by atoms with van der Waals surface area (Å²) >= 11 is 1.51. The summed E-state index contributed by atoms with van der Waals surface area (Å²) in [6.45, 7) is 0. The van der Waals surface area contributed by atoms with E-state index < -0.39 is 11.9 Å². The zero-order valence-corrected chi connectivity index (χ0v) is 11.9. The maximum Gasteiger partial charge on any atom is 0.307 e. The van der Waals surface area contributed by atoms with Crippen molar-refractivity contribution in [3.63, 3.8) is 0 Å². The van der Waals surface area contributed by atoms with Gasteiger partial charge in [0, 0.05) is 24.2 Å². The SMILES string of the molecule is O=C(O)C(Cc1ccc(F)cc1)Cc1cn2ccsc2n1. The van der Waals surface area contributed by atoms with Crippen molar-refractivity contribution in [3.05, 3.63) is 59.1 Å². The number of carboxylic acids is 1. The molecule has 3 aromatic rings. The highest BCUT2D eigenvalue weighted by Crippen LogP contribution is 2.18. The highest BCUT2D eigenvalue weighted by molar-refractivity contribution is 7.15. The van der Waals surface area contributed by atoms with E-state index in [9.17, 15) is 14.3 Å². The summed E-state index contributed by atoms with van der Waals surface area (Å²) in [5, 5.41) is 11.3. The average molecular weight is 304 g/mol. The number of rotatable bonds is 5. The van der Waals surface area contributed by atoms with E-state index in [4.69, 9.17) is 0 Å². The molecule has 2 heterocycles. The third kappa shape index (κ3) is 3.11. The Labute approximate surface area is 124 Å². The molecule has 1 atom stereocenters. The van der Waals surface area contributed by atoms with E-state index in [0.717, 1.165) is 16.2 Å². The van der Waals surface area contributed by atoms with Crippen LogP contribution in [0.4, 0.5) is 4.39 Å². The van der Waals surface area contributed by atoms with Crippen molar-refractivity contribution >= 4 is 22.3 Å². The molecule has 1 N–H and O–H groups in total. The number of hydrogen-bond donors (Lipinski definition) is 1. The largest absolute Gasteiger partial charge is 0.481 e. The van der Waals surface area contributed by atoms with E-state index in [1.807, 2.05) is 22.2 Å². The minimum atomic E-state index is -0.865. The number of hydrogen-bond acceptors (Lipinski definition) is 3. The number of imidazole rings is 1.